The van der Waals surface area contributed by atoms with Crippen molar-refractivity contribution >= 4 is 11.8 Å². The first kappa shape index (κ1) is 20.3. The molecule has 0 unspecified atom stereocenters. The highest BCUT2D eigenvalue weighted by atomic mass is 19.1. The molecular weight excluding hydrogens is 367 g/mol. The van der Waals surface area contributed by atoms with Gasteiger partial charge in [-0.25, -0.2) is 4.39 Å². The van der Waals surface area contributed by atoms with Crippen molar-refractivity contribution in [1.82, 2.24) is 10.6 Å². The Balaban J connectivity index is 1.63. The third-order valence-corrected chi connectivity index (χ3v) is 4.57. The van der Waals surface area contributed by atoms with E-state index in [-0.39, 0.29) is 17.6 Å². The van der Waals surface area contributed by atoms with Gasteiger partial charge in [-0.2, -0.15) is 0 Å². The molecular formula is C24H23FN2O2. The Morgan fingerprint density at radius 2 is 1.41 bits per heavy atom. The lowest BCUT2D eigenvalue weighted by Gasteiger charge is -2.19. The van der Waals surface area contributed by atoms with Gasteiger partial charge in [0.25, 0.3) is 5.91 Å². The largest absolute Gasteiger partial charge is 0.354 e. The van der Waals surface area contributed by atoms with E-state index in [1.54, 1.807) is 36.4 Å². The summed E-state index contributed by atoms with van der Waals surface area (Å²) in [6.07, 6.45) is 0.971. The monoisotopic (exact) mass is 390 g/mol. The van der Waals surface area contributed by atoms with Crippen molar-refractivity contribution in [3.8, 4) is 0 Å². The van der Waals surface area contributed by atoms with Gasteiger partial charge in [0.15, 0.2) is 0 Å². The summed E-state index contributed by atoms with van der Waals surface area (Å²) in [5.41, 5.74) is 2.39. The van der Waals surface area contributed by atoms with Crippen molar-refractivity contribution in [2.75, 3.05) is 6.54 Å². The molecule has 29 heavy (non-hydrogen) atoms. The van der Waals surface area contributed by atoms with Crippen LogP contribution in [-0.4, -0.2) is 24.4 Å². The maximum absolute atomic E-state index is 13.0. The van der Waals surface area contributed by atoms with E-state index in [1.807, 2.05) is 36.4 Å². The minimum absolute atomic E-state index is 0.250. The van der Waals surface area contributed by atoms with Crippen LogP contribution in [0, 0.1) is 5.82 Å². The van der Waals surface area contributed by atoms with E-state index in [0.717, 1.165) is 11.1 Å². The second-order valence-electron chi connectivity index (χ2n) is 6.75. The lowest BCUT2D eigenvalue weighted by atomic mass is 10.0. The Labute approximate surface area is 169 Å². The Bertz CT molecular complexity index is 928. The van der Waals surface area contributed by atoms with Crippen LogP contribution in [-0.2, 0) is 17.6 Å². The van der Waals surface area contributed by atoms with Crippen LogP contribution >= 0.6 is 0 Å². The summed E-state index contributed by atoms with van der Waals surface area (Å²) < 4.78 is 13.0. The normalized spacial score (nSPS) is 11.5. The van der Waals surface area contributed by atoms with Gasteiger partial charge in [0.2, 0.25) is 5.91 Å². The van der Waals surface area contributed by atoms with E-state index in [2.05, 4.69) is 10.6 Å². The molecule has 0 radical (unpaired) electrons. The lowest BCUT2D eigenvalue weighted by molar-refractivity contribution is -0.122. The molecule has 4 nitrogen and oxygen atoms in total. The highest BCUT2D eigenvalue weighted by Crippen LogP contribution is 2.07. The zero-order valence-corrected chi connectivity index (χ0v) is 16.0. The summed E-state index contributed by atoms with van der Waals surface area (Å²) in [7, 11) is 0. The van der Waals surface area contributed by atoms with Crippen molar-refractivity contribution in [1.29, 1.82) is 0 Å². The SMILES string of the molecule is O=C(N[C@H](Cc1ccccc1)C(=O)NCCc1ccc(F)cc1)c1ccccc1. The Morgan fingerprint density at radius 3 is 2.07 bits per heavy atom. The maximum Gasteiger partial charge on any atom is 0.251 e. The van der Waals surface area contributed by atoms with Crippen molar-refractivity contribution in [3.63, 3.8) is 0 Å². The molecule has 3 aromatic carbocycles. The van der Waals surface area contributed by atoms with Gasteiger partial charge < -0.3 is 10.6 Å². The second kappa shape index (κ2) is 10.2. The molecule has 0 aliphatic carbocycles. The fourth-order valence-corrected chi connectivity index (χ4v) is 2.99. The van der Waals surface area contributed by atoms with Gasteiger partial charge >= 0.3 is 0 Å². The van der Waals surface area contributed by atoms with Crippen molar-refractivity contribution in [2.24, 2.45) is 0 Å². The lowest BCUT2D eigenvalue weighted by Crippen LogP contribution is -2.48. The van der Waals surface area contributed by atoms with Crippen LogP contribution in [0.2, 0.25) is 0 Å². The molecule has 3 rings (SSSR count). The summed E-state index contributed by atoms with van der Waals surface area (Å²) in [4.78, 5) is 25.3. The standard InChI is InChI=1S/C24H23FN2O2/c25-21-13-11-18(12-14-21)15-16-26-24(29)22(17-19-7-3-1-4-8-19)27-23(28)20-9-5-2-6-10-20/h1-14,22H,15-17H2,(H,26,29)(H,27,28)/t22-/m1/s1. The molecule has 1 atom stereocenters. The molecule has 2 amide bonds. The number of nitrogens with one attached hydrogen (secondary N) is 2. The van der Waals surface area contributed by atoms with Gasteiger partial charge in [0.05, 0.1) is 0 Å². The number of rotatable bonds is 8. The molecule has 148 valence electrons. The Morgan fingerprint density at radius 1 is 0.793 bits per heavy atom. The summed E-state index contributed by atoms with van der Waals surface area (Å²) in [6.45, 7) is 0.400. The fourth-order valence-electron chi connectivity index (χ4n) is 2.99. The molecule has 0 fully saturated rings. The van der Waals surface area contributed by atoms with Gasteiger partial charge in [-0.05, 0) is 41.8 Å². The first-order chi connectivity index (χ1) is 14.1. The van der Waals surface area contributed by atoms with Crippen LogP contribution in [0.3, 0.4) is 0 Å². The Kier molecular flexibility index (Phi) is 7.11. The third kappa shape index (κ3) is 6.28. The van der Waals surface area contributed by atoms with E-state index in [9.17, 15) is 14.0 Å². The van der Waals surface area contributed by atoms with Crippen LogP contribution in [0.5, 0.6) is 0 Å². The van der Waals surface area contributed by atoms with E-state index in [0.29, 0.717) is 24.9 Å². The predicted molar refractivity (Wildman–Crippen MR) is 111 cm³/mol. The highest BCUT2D eigenvalue weighted by Gasteiger charge is 2.21. The average Bonchev–Trinajstić information content (AvgIpc) is 2.76. The second-order valence-corrected chi connectivity index (χ2v) is 6.75. The smallest absolute Gasteiger partial charge is 0.251 e. The summed E-state index contributed by atoms with van der Waals surface area (Å²) in [5, 5.41) is 5.71. The topological polar surface area (TPSA) is 58.2 Å². The molecule has 5 heteroatoms. The number of hydrogen-bond donors (Lipinski definition) is 2. The van der Waals surface area contributed by atoms with E-state index in [1.165, 1.54) is 12.1 Å². The quantitative estimate of drug-likeness (QED) is 0.618. The molecule has 0 saturated heterocycles. The summed E-state index contributed by atoms with van der Waals surface area (Å²) in [5.74, 6) is -0.829. The number of carbonyl (C=O) groups is 2. The molecule has 0 heterocycles. The Hall–Kier alpha value is -3.47. The first-order valence-corrected chi connectivity index (χ1v) is 9.54. The minimum Gasteiger partial charge on any atom is -0.354 e. The minimum atomic E-state index is -0.696. The zero-order valence-electron chi connectivity index (χ0n) is 16.0. The number of carbonyl (C=O) groups excluding carboxylic acids is 2. The molecule has 0 bridgehead atoms. The maximum atomic E-state index is 13.0. The highest BCUT2D eigenvalue weighted by molar-refractivity contribution is 5.97. The van der Waals surface area contributed by atoms with Gasteiger partial charge in [0, 0.05) is 18.5 Å². The van der Waals surface area contributed by atoms with E-state index in [4.69, 9.17) is 0 Å². The predicted octanol–water partition coefficient (Wildman–Crippen LogP) is 3.53. The molecule has 3 aromatic rings. The van der Waals surface area contributed by atoms with Crippen LogP contribution in [0.4, 0.5) is 4.39 Å². The molecule has 0 spiro atoms. The molecule has 2 N–H and O–H groups in total. The average molecular weight is 390 g/mol. The van der Waals surface area contributed by atoms with Crippen LogP contribution in [0.15, 0.2) is 84.9 Å². The number of hydrogen-bond acceptors (Lipinski definition) is 2. The first-order valence-electron chi connectivity index (χ1n) is 9.54. The summed E-state index contributed by atoms with van der Waals surface area (Å²) >= 11 is 0. The van der Waals surface area contributed by atoms with Gasteiger partial charge in [-0.15, -0.1) is 0 Å². The zero-order chi connectivity index (χ0) is 20.5. The summed E-state index contributed by atoms with van der Waals surface area (Å²) in [6, 6.07) is 23.9. The van der Waals surface area contributed by atoms with Crippen molar-refractivity contribution in [3.05, 3.63) is 107 Å². The number of benzene rings is 3. The third-order valence-electron chi connectivity index (χ3n) is 4.57. The van der Waals surface area contributed by atoms with E-state index < -0.39 is 6.04 Å². The van der Waals surface area contributed by atoms with Crippen molar-refractivity contribution < 1.29 is 14.0 Å². The molecule has 0 aliphatic heterocycles. The van der Waals surface area contributed by atoms with Gasteiger partial charge in [-0.3, -0.25) is 9.59 Å². The number of halogens is 1. The van der Waals surface area contributed by atoms with Crippen LogP contribution < -0.4 is 10.6 Å². The number of amides is 2. The van der Waals surface area contributed by atoms with Crippen LogP contribution in [0.25, 0.3) is 0 Å². The van der Waals surface area contributed by atoms with Gasteiger partial charge in [0.1, 0.15) is 11.9 Å². The molecule has 0 aromatic heterocycles. The van der Waals surface area contributed by atoms with E-state index >= 15 is 0 Å². The van der Waals surface area contributed by atoms with Gasteiger partial charge in [-0.1, -0.05) is 60.7 Å². The fraction of sp³-hybridized carbons (Fsp3) is 0.167. The molecule has 0 saturated carbocycles. The van der Waals surface area contributed by atoms with Crippen molar-refractivity contribution in [2.45, 2.75) is 18.9 Å². The molecule has 0 aliphatic rings. The van der Waals surface area contributed by atoms with Crippen LogP contribution in [0.1, 0.15) is 21.5 Å².